The highest BCUT2D eigenvalue weighted by Crippen LogP contribution is 2.28. The standard InChI is InChI=1S/C12H13BrFNO/c13-6-7-15(11-4-5-11)12(16)9-2-1-3-10(14)8-9/h1-3,8,11H,4-7H2. The second-order valence-electron chi connectivity index (χ2n) is 3.93. The van der Waals surface area contributed by atoms with Crippen LogP contribution >= 0.6 is 15.9 Å². The minimum absolute atomic E-state index is 0.0681. The predicted octanol–water partition coefficient (Wildman–Crippen LogP) is 2.83. The van der Waals surface area contributed by atoms with Crippen LogP contribution in [0.3, 0.4) is 0 Å². The molecule has 1 saturated carbocycles. The van der Waals surface area contributed by atoms with Gasteiger partial charge in [0.05, 0.1) is 0 Å². The molecular formula is C12H13BrFNO. The van der Waals surface area contributed by atoms with Crippen LogP contribution in [-0.4, -0.2) is 28.7 Å². The van der Waals surface area contributed by atoms with Gasteiger partial charge in [0.25, 0.3) is 5.91 Å². The van der Waals surface area contributed by atoms with Gasteiger partial charge in [0.15, 0.2) is 0 Å². The minimum atomic E-state index is -0.361. The van der Waals surface area contributed by atoms with E-state index < -0.39 is 0 Å². The van der Waals surface area contributed by atoms with Gasteiger partial charge >= 0.3 is 0 Å². The first-order chi connectivity index (χ1) is 7.72. The van der Waals surface area contributed by atoms with Crippen molar-refractivity contribution in [2.24, 2.45) is 0 Å². The van der Waals surface area contributed by atoms with E-state index in [0.717, 1.165) is 18.2 Å². The molecule has 0 aliphatic heterocycles. The van der Waals surface area contributed by atoms with Gasteiger partial charge in [0.2, 0.25) is 0 Å². The smallest absolute Gasteiger partial charge is 0.254 e. The third kappa shape index (κ3) is 2.61. The van der Waals surface area contributed by atoms with E-state index in [1.807, 2.05) is 4.90 Å². The summed E-state index contributed by atoms with van der Waals surface area (Å²) in [7, 11) is 0. The summed E-state index contributed by atoms with van der Waals surface area (Å²) in [5.41, 5.74) is 0.438. The Morgan fingerprint density at radius 3 is 2.81 bits per heavy atom. The Morgan fingerprint density at radius 2 is 2.25 bits per heavy atom. The summed E-state index contributed by atoms with van der Waals surface area (Å²) in [6.45, 7) is 0.681. The molecule has 0 aromatic heterocycles. The van der Waals surface area contributed by atoms with Crippen LogP contribution < -0.4 is 0 Å². The average molecular weight is 286 g/mol. The highest BCUT2D eigenvalue weighted by atomic mass is 79.9. The van der Waals surface area contributed by atoms with E-state index in [9.17, 15) is 9.18 Å². The van der Waals surface area contributed by atoms with Crippen LogP contribution in [0.4, 0.5) is 4.39 Å². The maximum Gasteiger partial charge on any atom is 0.254 e. The normalized spacial score (nSPS) is 14.9. The molecule has 0 unspecified atom stereocenters. The van der Waals surface area contributed by atoms with Gasteiger partial charge < -0.3 is 4.90 Å². The molecule has 2 nitrogen and oxygen atoms in total. The highest BCUT2D eigenvalue weighted by molar-refractivity contribution is 9.09. The van der Waals surface area contributed by atoms with Gasteiger partial charge in [-0.2, -0.15) is 0 Å². The molecule has 0 bridgehead atoms. The first-order valence-electron chi connectivity index (χ1n) is 5.35. The molecule has 0 radical (unpaired) electrons. The van der Waals surface area contributed by atoms with Crippen LogP contribution in [0.15, 0.2) is 24.3 Å². The fourth-order valence-electron chi connectivity index (χ4n) is 1.71. The molecule has 86 valence electrons. The topological polar surface area (TPSA) is 20.3 Å². The molecule has 0 atom stereocenters. The predicted molar refractivity (Wildman–Crippen MR) is 64.3 cm³/mol. The number of alkyl halides is 1. The van der Waals surface area contributed by atoms with Crippen LogP contribution in [0.25, 0.3) is 0 Å². The Kier molecular flexibility index (Phi) is 3.59. The summed E-state index contributed by atoms with van der Waals surface area (Å²) < 4.78 is 13.0. The van der Waals surface area contributed by atoms with Crippen molar-refractivity contribution in [3.05, 3.63) is 35.6 Å². The second-order valence-corrected chi connectivity index (χ2v) is 4.72. The Hall–Kier alpha value is -0.900. The summed E-state index contributed by atoms with van der Waals surface area (Å²) in [5.74, 6) is -0.429. The Labute approximate surface area is 103 Å². The van der Waals surface area contributed by atoms with Crippen molar-refractivity contribution < 1.29 is 9.18 Å². The lowest BCUT2D eigenvalue weighted by Crippen LogP contribution is -2.34. The molecule has 16 heavy (non-hydrogen) atoms. The van der Waals surface area contributed by atoms with Crippen molar-refractivity contribution in [3.8, 4) is 0 Å². The Bertz CT molecular complexity index is 392. The molecule has 1 fully saturated rings. The van der Waals surface area contributed by atoms with Crippen molar-refractivity contribution in [2.45, 2.75) is 18.9 Å². The zero-order valence-electron chi connectivity index (χ0n) is 8.83. The Morgan fingerprint density at radius 1 is 1.50 bits per heavy atom. The van der Waals surface area contributed by atoms with E-state index in [2.05, 4.69) is 15.9 Å². The third-order valence-corrected chi connectivity index (χ3v) is 3.00. The van der Waals surface area contributed by atoms with Crippen molar-refractivity contribution in [1.29, 1.82) is 0 Å². The molecule has 2 rings (SSSR count). The molecule has 0 saturated heterocycles. The molecular weight excluding hydrogens is 273 g/mol. The fourth-order valence-corrected chi connectivity index (χ4v) is 2.10. The van der Waals surface area contributed by atoms with Gasteiger partial charge in [-0.05, 0) is 31.0 Å². The second kappa shape index (κ2) is 4.95. The van der Waals surface area contributed by atoms with E-state index in [4.69, 9.17) is 0 Å². The van der Waals surface area contributed by atoms with E-state index in [-0.39, 0.29) is 11.7 Å². The number of nitrogens with zero attached hydrogens (tertiary/aromatic N) is 1. The summed E-state index contributed by atoms with van der Waals surface area (Å²) in [5, 5.41) is 0.755. The van der Waals surface area contributed by atoms with Crippen molar-refractivity contribution >= 4 is 21.8 Å². The van der Waals surface area contributed by atoms with Crippen LogP contribution in [0.5, 0.6) is 0 Å². The molecule has 0 N–H and O–H groups in total. The lowest BCUT2D eigenvalue weighted by molar-refractivity contribution is 0.0754. The number of benzene rings is 1. The number of hydrogen-bond acceptors (Lipinski definition) is 1. The monoisotopic (exact) mass is 285 g/mol. The quantitative estimate of drug-likeness (QED) is 0.779. The van der Waals surface area contributed by atoms with Gasteiger partial charge in [-0.25, -0.2) is 4.39 Å². The van der Waals surface area contributed by atoms with E-state index in [0.29, 0.717) is 18.2 Å². The molecule has 4 heteroatoms. The number of halogens is 2. The Balaban J connectivity index is 2.15. The minimum Gasteiger partial charge on any atom is -0.335 e. The highest BCUT2D eigenvalue weighted by Gasteiger charge is 2.32. The first-order valence-corrected chi connectivity index (χ1v) is 6.47. The first kappa shape index (κ1) is 11.6. The van der Waals surface area contributed by atoms with Gasteiger partial charge in [0.1, 0.15) is 5.82 Å². The van der Waals surface area contributed by atoms with Gasteiger partial charge in [-0.15, -0.1) is 0 Å². The van der Waals surface area contributed by atoms with Crippen LogP contribution in [0.2, 0.25) is 0 Å². The zero-order valence-corrected chi connectivity index (χ0v) is 10.4. The lowest BCUT2D eigenvalue weighted by Gasteiger charge is -2.21. The maximum atomic E-state index is 13.0. The molecule has 1 amide bonds. The number of carbonyl (C=O) groups excluding carboxylic acids is 1. The number of carbonyl (C=O) groups is 1. The van der Waals surface area contributed by atoms with Gasteiger partial charge in [-0.1, -0.05) is 22.0 Å². The maximum absolute atomic E-state index is 13.0. The fraction of sp³-hybridized carbons (Fsp3) is 0.417. The van der Waals surface area contributed by atoms with Gasteiger partial charge in [0, 0.05) is 23.5 Å². The molecule has 1 aromatic rings. The lowest BCUT2D eigenvalue weighted by atomic mass is 10.2. The molecule has 1 aliphatic carbocycles. The van der Waals surface area contributed by atoms with E-state index in [1.165, 1.54) is 12.1 Å². The van der Waals surface area contributed by atoms with Crippen molar-refractivity contribution in [3.63, 3.8) is 0 Å². The van der Waals surface area contributed by atoms with Crippen molar-refractivity contribution in [2.75, 3.05) is 11.9 Å². The van der Waals surface area contributed by atoms with Crippen LogP contribution in [-0.2, 0) is 0 Å². The largest absolute Gasteiger partial charge is 0.335 e. The zero-order chi connectivity index (χ0) is 11.5. The number of rotatable bonds is 4. The molecule has 1 aliphatic rings. The average Bonchev–Trinajstić information content (AvgIpc) is 3.09. The van der Waals surface area contributed by atoms with Crippen LogP contribution in [0.1, 0.15) is 23.2 Å². The van der Waals surface area contributed by atoms with Gasteiger partial charge in [-0.3, -0.25) is 4.79 Å². The summed E-state index contributed by atoms with van der Waals surface area (Å²) in [4.78, 5) is 13.9. The number of amides is 1. The van der Waals surface area contributed by atoms with Crippen LogP contribution in [0, 0.1) is 5.82 Å². The van der Waals surface area contributed by atoms with E-state index >= 15 is 0 Å². The molecule has 1 aromatic carbocycles. The molecule has 0 heterocycles. The molecule has 0 spiro atoms. The third-order valence-electron chi connectivity index (χ3n) is 2.65. The SMILES string of the molecule is O=C(c1cccc(F)c1)N(CCBr)C1CC1. The summed E-state index contributed by atoms with van der Waals surface area (Å²) in [6.07, 6.45) is 2.13. The van der Waals surface area contributed by atoms with E-state index in [1.54, 1.807) is 12.1 Å². The number of hydrogen-bond donors (Lipinski definition) is 0. The summed E-state index contributed by atoms with van der Waals surface area (Å²) in [6, 6.07) is 6.24. The van der Waals surface area contributed by atoms with Crippen molar-refractivity contribution in [1.82, 2.24) is 4.90 Å². The summed E-state index contributed by atoms with van der Waals surface area (Å²) >= 11 is 3.33.